The second kappa shape index (κ2) is 2.41. The predicted octanol–water partition coefficient (Wildman–Crippen LogP) is -0.132. The molecule has 0 atom stereocenters. The molecule has 0 aromatic heterocycles. The molecule has 4 heteroatoms. The van der Waals surface area contributed by atoms with Crippen LogP contribution in [-0.2, 0) is 0 Å². The Morgan fingerprint density at radius 3 is 2.92 bits per heavy atom. The summed E-state index contributed by atoms with van der Waals surface area (Å²) in [5, 5.41) is 1.11. The first-order valence-corrected chi connectivity index (χ1v) is 3.37. The first kappa shape index (κ1) is 6.97. The van der Waals surface area contributed by atoms with Crippen LogP contribution in [-0.4, -0.2) is 13.1 Å². The number of urea groups is 1. The zero-order chi connectivity index (χ0) is 8.55. The summed E-state index contributed by atoms with van der Waals surface area (Å²) in [6.45, 7) is 0. The highest BCUT2D eigenvalue weighted by molar-refractivity contribution is 5.77. The molecule has 0 N–H and O–H groups in total. The number of fused-ring (bicyclic) bond motifs is 1. The second-order valence-electron chi connectivity index (χ2n) is 2.28. The molecule has 1 aromatic carbocycles. The standard InChI is InChI=1S/C8H5N2O2/c1-12-5-2-3-6-7(4-5)10-8(11)9-6/h3-4H,1H3. The number of carbonyl (C=O) groups is 1. The van der Waals surface area contributed by atoms with Crippen LogP contribution in [0.25, 0.3) is 0 Å². The minimum Gasteiger partial charge on any atom is -0.496 e. The normalized spacial score (nSPS) is 13.2. The van der Waals surface area contributed by atoms with Crippen LogP contribution in [0.5, 0.6) is 5.75 Å². The average Bonchev–Trinajstić information content (AvgIpc) is 2.43. The van der Waals surface area contributed by atoms with E-state index in [0.717, 1.165) is 0 Å². The maximum Gasteiger partial charge on any atom is 0.368 e. The van der Waals surface area contributed by atoms with Crippen LogP contribution in [0.15, 0.2) is 22.1 Å². The Morgan fingerprint density at radius 2 is 2.17 bits per heavy atom. The van der Waals surface area contributed by atoms with Gasteiger partial charge in [0.1, 0.15) is 5.75 Å². The van der Waals surface area contributed by atoms with E-state index < -0.39 is 6.03 Å². The van der Waals surface area contributed by atoms with Crippen LogP contribution < -0.4 is 15.5 Å². The summed E-state index contributed by atoms with van der Waals surface area (Å²) in [6.07, 6.45) is 0. The molecule has 2 amide bonds. The summed E-state index contributed by atoms with van der Waals surface area (Å²) >= 11 is 0. The molecule has 2 rings (SSSR count). The summed E-state index contributed by atoms with van der Waals surface area (Å²) in [7, 11) is 1.53. The number of rotatable bonds is 1. The van der Waals surface area contributed by atoms with Gasteiger partial charge in [-0.1, -0.05) is 0 Å². The molecular formula is C8H5N2O2. The Kier molecular flexibility index (Phi) is 1.40. The monoisotopic (exact) mass is 161 g/mol. The topological polar surface area (TPSA) is 51.0 Å². The minimum absolute atomic E-state index is 0.466. The molecule has 0 aliphatic carbocycles. The quantitative estimate of drug-likeness (QED) is 0.576. The van der Waals surface area contributed by atoms with E-state index in [-0.39, 0.29) is 0 Å². The number of benzene rings is 1. The smallest absolute Gasteiger partial charge is 0.368 e. The molecule has 1 heterocycles. The molecule has 12 heavy (non-hydrogen) atoms. The molecular weight excluding hydrogens is 156 g/mol. The number of carbonyl (C=O) groups excluding carboxylic acids is 1. The number of methoxy groups -OCH3 is 1. The lowest BCUT2D eigenvalue weighted by atomic mass is 10.3. The van der Waals surface area contributed by atoms with Crippen molar-refractivity contribution >= 4 is 6.03 Å². The summed E-state index contributed by atoms with van der Waals surface area (Å²) < 4.78 is 4.91. The Labute approximate surface area is 68.2 Å². The highest BCUT2D eigenvalue weighted by atomic mass is 16.5. The van der Waals surface area contributed by atoms with Crippen molar-refractivity contribution in [2.24, 2.45) is 9.98 Å². The molecule has 1 aromatic rings. The highest BCUT2D eigenvalue weighted by Crippen LogP contribution is 2.01. The lowest BCUT2D eigenvalue weighted by Crippen LogP contribution is -2.20. The van der Waals surface area contributed by atoms with Gasteiger partial charge in [0.05, 0.1) is 17.8 Å². The van der Waals surface area contributed by atoms with Crippen molar-refractivity contribution in [2.45, 2.75) is 0 Å². The van der Waals surface area contributed by atoms with Crippen molar-refractivity contribution in [3.05, 3.63) is 28.9 Å². The molecule has 0 spiro atoms. The van der Waals surface area contributed by atoms with Crippen LogP contribution >= 0.6 is 0 Å². The van der Waals surface area contributed by atoms with Gasteiger partial charge in [-0.2, -0.15) is 9.98 Å². The van der Waals surface area contributed by atoms with Gasteiger partial charge in [-0.25, -0.2) is 4.79 Å². The third kappa shape index (κ3) is 0.972. The third-order valence-corrected chi connectivity index (χ3v) is 1.53. The number of ether oxygens (including phenoxy) is 1. The Bertz CT molecular complexity index is 451. The fourth-order valence-electron chi connectivity index (χ4n) is 0.981. The van der Waals surface area contributed by atoms with Crippen LogP contribution in [0.1, 0.15) is 0 Å². The van der Waals surface area contributed by atoms with Gasteiger partial charge in [0, 0.05) is 12.1 Å². The fraction of sp³-hybridized carbons (Fsp3) is 0.125. The fourth-order valence-corrected chi connectivity index (χ4v) is 0.981. The van der Waals surface area contributed by atoms with E-state index in [1.165, 1.54) is 7.11 Å². The Hall–Kier alpha value is -1.71. The van der Waals surface area contributed by atoms with E-state index in [1.807, 2.05) is 0 Å². The van der Waals surface area contributed by atoms with Gasteiger partial charge in [-0.05, 0) is 6.07 Å². The molecule has 0 unspecified atom stereocenters. The van der Waals surface area contributed by atoms with E-state index in [9.17, 15) is 4.79 Å². The van der Waals surface area contributed by atoms with Crippen molar-refractivity contribution in [1.82, 2.24) is 0 Å². The minimum atomic E-state index is -0.466. The molecule has 0 saturated heterocycles. The summed E-state index contributed by atoms with van der Waals surface area (Å²) in [5.74, 6) is 0.558. The lowest BCUT2D eigenvalue weighted by Gasteiger charge is -1.94. The summed E-state index contributed by atoms with van der Waals surface area (Å²) in [6, 6.07) is 5.56. The Morgan fingerprint density at radius 1 is 1.42 bits per heavy atom. The van der Waals surface area contributed by atoms with Gasteiger partial charge >= 0.3 is 6.03 Å². The molecule has 4 nitrogen and oxygen atoms in total. The average molecular weight is 161 g/mol. The van der Waals surface area contributed by atoms with Crippen LogP contribution in [0, 0.1) is 6.07 Å². The summed E-state index contributed by atoms with van der Waals surface area (Å²) in [5.41, 5.74) is 0. The van der Waals surface area contributed by atoms with Gasteiger partial charge in [0.25, 0.3) is 0 Å². The molecule has 0 saturated carbocycles. The largest absolute Gasteiger partial charge is 0.496 e. The maximum atomic E-state index is 10.7. The zero-order valence-electron chi connectivity index (χ0n) is 6.37. The zero-order valence-corrected chi connectivity index (χ0v) is 6.37. The maximum absolute atomic E-state index is 10.7. The van der Waals surface area contributed by atoms with Crippen molar-refractivity contribution in [3.63, 3.8) is 0 Å². The van der Waals surface area contributed by atoms with Crippen LogP contribution in [0.2, 0.25) is 0 Å². The van der Waals surface area contributed by atoms with Gasteiger partial charge < -0.3 is 4.74 Å². The van der Waals surface area contributed by atoms with Crippen molar-refractivity contribution in [3.8, 4) is 5.75 Å². The lowest BCUT2D eigenvalue weighted by molar-refractivity contribution is 0.256. The number of hydrogen-bond acceptors (Lipinski definition) is 2. The molecule has 59 valence electrons. The number of amides is 2. The number of hydrogen-bond donors (Lipinski definition) is 0. The van der Waals surface area contributed by atoms with Gasteiger partial charge in [0.2, 0.25) is 0 Å². The SMILES string of the molecule is COc1[c]cc2c(c1)=NC(=O)N=2. The molecule has 1 aliphatic rings. The highest BCUT2D eigenvalue weighted by Gasteiger charge is 2.04. The van der Waals surface area contributed by atoms with Gasteiger partial charge in [-0.15, -0.1) is 0 Å². The van der Waals surface area contributed by atoms with Crippen molar-refractivity contribution in [1.29, 1.82) is 0 Å². The van der Waals surface area contributed by atoms with E-state index in [0.29, 0.717) is 16.5 Å². The van der Waals surface area contributed by atoms with E-state index >= 15 is 0 Å². The predicted molar refractivity (Wildman–Crippen MR) is 39.5 cm³/mol. The second-order valence-corrected chi connectivity index (χ2v) is 2.28. The molecule has 1 radical (unpaired) electrons. The van der Waals surface area contributed by atoms with E-state index in [4.69, 9.17) is 4.74 Å². The first-order valence-electron chi connectivity index (χ1n) is 3.37. The molecule has 0 bridgehead atoms. The van der Waals surface area contributed by atoms with Crippen LogP contribution in [0.3, 0.4) is 0 Å². The van der Waals surface area contributed by atoms with E-state index in [2.05, 4.69) is 16.1 Å². The first-order chi connectivity index (χ1) is 5.79. The van der Waals surface area contributed by atoms with Crippen LogP contribution in [0.4, 0.5) is 4.79 Å². The van der Waals surface area contributed by atoms with Gasteiger partial charge in [0.15, 0.2) is 0 Å². The van der Waals surface area contributed by atoms with Gasteiger partial charge in [-0.3, -0.25) is 0 Å². The van der Waals surface area contributed by atoms with Crippen molar-refractivity contribution < 1.29 is 9.53 Å². The van der Waals surface area contributed by atoms with E-state index in [1.54, 1.807) is 12.1 Å². The third-order valence-electron chi connectivity index (χ3n) is 1.53. The molecule has 0 fully saturated rings. The summed E-state index contributed by atoms with van der Waals surface area (Å²) in [4.78, 5) is 18.0. The molecule has 1 aliphatic heterocycles. The number of nitrogens with zero attached hydrogens (tertiary/aromatic N) is 2. The van der Waals surface area contributed by atoms with Crippen molar-refractivity contribution in [2.75, 3.05) is 7.11 Å². The Balaban J connectivity index is 2.72.